The number of nitrogens with zero attached hydrogens (tertiary/aromatic N) is 5. The van der Waals surface area contributed by atoms with E-state index < -0.39 is 0 Å². The first-order valence-electron chi connectivity index (χ1n) is 11.2. The highest BCUT2D eigenvalue weighted by Gasteiger charge is 2.15. The molecule has 1 aliphatic heterocycles. The van der Waals surface area contributed by atoms with Crippen molar-refractivity contribution < 1.29 is 0 Å². The van der Waals surface area contributed by atoms with Gasteiger partial charge < -0.3 is 20.1 Å². The van der Waals surface area contributed by atoms with E-state index in [-0.39, 0.29) is 0 Å². The van der Waals surface area contributed by atoms with Crippen molar-refractivity contribution in [3.8, 4) is 11.1 Å². The van der Waals surface area contributed by atoms with Crippen LogP contribution < -0.4 is 10.2 Å². The van der Waals surface area contributed by atoms with E-state index in [1.807, 2.05) is 30.7 Å². The number of aromatic nitrogens is 4. The Labute approximate surface area is 192 Å². The molecule has 0 amide bonds. The molecule has 2 N–H and O–H groups in total. The van der Waals surface area contributed by atoms with Crippen LogP contribution in [0.5, 0.6) is 0 Å². The van der Waals surface area contributed by atoms with Crippen LogP contribution in [0.3, 0.4) is 0 Å². The lowest BCUT2D eigenvalue weighted by molar-refractivity contribution is 0.313. The Balaban J connectivity index is 1.26. The van der Waals surface area contributed by atoms with Crippen molar-refractivity contribution in [2.24, 2.45) is 0 Å². The predicted octanol–water partition coefficient (Wildman–Crippen LogP) is 4.67. The number of benzene rings is 2. The summed E-state index contributed by atoms with van der Waals surface area (Å²) in [5.41, 5.74) is 6.21. The molecule has 0 bridgehead atoms. The largest absolute Gasteiger partial charge is 0.369 e. The number of piperazine rings is 1. The van der Waals surface area contributed by atoms with Gasteiger partial charge >= 0.3 is 0 Å². The quantitative estimate of drug-likeness (QED) is 0.427. The van der Waals surface area contributed by atoms with Gasteiger partial charge in [0.05, 0.1) is 5.52 Å². The van der Waals surface area contributed by atoms with E-state index in [2.05, 4.69) is 79.6 Å². The first kappa shape index (κ1) is 19.7. The van der Waals surface area contributed by atoms with Crippen LogP contribution in [0.1, 0.15) is 0 Å². The maximum Gasteiger partial charge on any atom is 0.229 e. The molecule has 0 spiro atoms. The van der Waals surface area contributed by atoms with Crippen molar-refractivity contribution in [2.75, 3.05) is 43.4 Å². The van der Waals surface area contributed by atoms with E-state index in [1.165, 1.54) is 5.69 Å². The van der Waals surface area contributed by atoms with Gasteiger partial charge in [-0.2, -0.15) is 4.98 Å². The van der Waals surface area contributed by atoms with Crippen LogP contribution in [-0.2, 0) is 0 Å². The lowest BCUT2D eigenvalue weighted by atomic mass is 10.0. The number of likely N-dealkylation sites (N-methyl/N-ethyl adjacent to an activating group) is 1. The number of nitrogens with one attached hydrogen (secondary N) is 2. The Kier molecular flexibility index (Phi) is 4.88. The van der Waals surface area contributed by atoms with E-state index in [9.17, 15) is 0 Å². The number of fused-ring (bicyclic) bond motifs is 2. The van der Waals surface area contributed by atoms with E-state index >= 15 is 0 Å². The third-order valence-electron chi connectivity index (χ3n) is 6.32. The average Bonchev–Trinajstić information content (AvgIpc) is 3.28. The van der Waals surface area contributed by atoms with Crippen molar-refractivity contribution in [1.82, 2.24) is 24.8 Å². The molecule has 0 atom stereocenters. The van der Waals surface area contributed by atoms with E-state index in [4.69, 9.17) is 4.98 Å². The smallest absolute Gasteiger partial charge is 0.229 e. The molecule has 7 nitrogen and oxygen atoms in total. The zero-order valence-electron chi connectivity index (χ0n) is 18.5. The van der Waals surface area contributed by atoms with Crippen molar-refractivity contribution >= 4 is 39.3 Å². The number of hydrogen-bond acceptors (Lipinski definition) is 6. The minimum absolute atomic E-state index is 0.578. The van der Waals surface area contributed by atoms with Gasteiger partial charge in [-0.15, -0.1) is 0 Å². The van der Waals surface area contributed by atoms with Crippen molar-refractivity contribution in [3.05, 3.63) is 73.2 Å². The van der Waals surface area contributed by atoms with Gasteiger partial charge in [-0.1, -0.05) is 18.2 Å². The van der Waals surface area contributed by atoms with Crippen molar-refractivity contribution in [3.63, 3.8) is 0 Å². The molecule has 2 aromatic carbocycles. The zero-order chi connectivity index (χ0) is 22.2. The molecule has 3 aromatic heterocycles. The van der Waals surface area contributed by atoms with E-state index in [0.29, 0.717) is 5.95 Å². The highest BCUT2D eigenvalue weighted by Crippen LogP contribution is 2.30. The fraction of sp³-hybridized carbons (Fsp3) is 0.192. The molecule has 7 heteroatoms. The third kappa shape index (κ3) is 3.87. The first-order chi connectivity index (χ1) is 16.2. The van der Waals surface area contributed by atoms with Gasteiger partial charge in [0.1, 0.15) is 5.65 Å². The first-order valence-corrected chi connectivity index (χ1v) is 11.2. The second kappa shape index (κ2) is 8.18. The number of hydrogen-bond donors (Lipinski definition) is 2. The second-order valence-electron chi connectivity index (χ2n) is 8.53. The molecular formula is C26H25N7. The molecule has 1 aliphatic rings. The van der Waals surface area contributed by atoms with Gasteiger partial charge in [-0.05, 0) is 49.0 Å². The van der Waals surface area contributed by atoms with Gasteiger partial charge in [-0.3, -0.25) is 4.98 Å². The summed E-state index contributed by atoms with van der Waals surface area (Å²) < 4.78 is 0. The summed E-state index contributed by atoms with van der Waals surface area (Å²) in [6.07, 6.45) is 5.69. The molecule has 164 valence electrons. The molecule has 0 radical (unpaired) electrons. The van der Waals surface area contributed by atoms with Crippen LogP contribution in [-0.4, -0.2) is 58.1 Å². The summed E-state index contributed by atoms with van der Waals surface area (Å²) in [4.78, 5) is 21.8. The number of anilines is 3. The Morgan fingerprint density at radius 1 is 0.939 bits per heavy atom. The molecule has 1 saturated heterocycles. The van der Waals surface area contributed by atoms with Crippen LogP contribution in [0.25, 0.3) is 33.1 Å². The number of pyridine rings is 1. The van der Waals surface area contributed by atoms with Crippen molar-refractivity contribution in [1.29, 1.82) is 0 Å². The number of rotatable bonds is 4. The molecule has 0 unspecified atom stereocenters. The van der Waals surface area contributed by atoms with Crippen molar-refractivity contribution in [2.45, 2.75) is 0 Å². The van der Waals surface area contributed by atoms with Gasteiger partial charge in [0.2, 0.25) is 5.95 Å². The molecule has 33 heavy (non-hydrogen) atoms. The zero-order valence-corrected chi connectivity index (χ0v) is 18.5. The van der Waals surface area contributed by atoms with Gasteiger partial charge in [0.15, 0.2) is 0 Å². The minimum atomic E-state index is 0.578. The summed E-state index contributed by atoms with van der Waals surface area (Å²) in [5, 5.41) is 5.48. The molecule has 1 fully saturated rings. The SMILES string of the molecule is CN1CCN(c2cccc(Nc3ncc4c(-c5ccc6ncccc6c5)c[nH]c4n3)c2)CC1. The average molecular weight is 436 g/mol. The minimum Gasteiger partial charge on any atom is -0.369 e. The Bertz CT molecular complexity index is 1430. The summed E-state index contributed by atoms with van der Waals surface area (Å²) in [5.74, 6) is 0.578. The lowest BCUT2D eigenvalue weighted by Gasteiger charge is -2.34. The van der Waals surface area contributed by atoms with Gasteiger partial charge in [-0.25, -0.2) is 4.98 Å². The van der Waals surface area contributed by atoms with Crippen LogP contribution in [0, 0.1) is 0 Å². The van der Waals surface area contributed by atoms with Gasteiger partial charge in [0, 0.05) is 72.5 Å². The molecule has 6 rings (SSSR count). The summed E-state index contributed by atoms with van der Waals surface area (Å²) in [7, 11) is 2.17. The van der Waals surface area contributed by atoms with E-state index in [1.54, 1.807) is 0 Å². The highest BCUT2D eigenvalue weighted by molar-refractivity contribution is 5.96. The molecular weight excluding hydrogens is 410 g/mol. The van der Waals surface area contributed by atoms with Crippen LogP contribution in [0.15, 0.2) is 73.2 Å². The Morgan fingerprint density at radius 2 is 1.85 bits per heavy atom. The normalized spacial score (nSPS) is 14.8. The highest BCUT2D eigenvalue weighted by atomic mass is 15.2. The third-order valence-corrected chi connectivity index (χ3v) is 6.32. The predicted molar refractivity (Wildman–Crippen MR) is 134 cm³/mol. The number of aromatic amines is 1. The number of H-pyrrole nitrogens is 1. The topological polar surface area (TPSA) is 73.0 Å². The Hall–Kier alpha value is -3.97. The summed E-state index contributed by atoms with van der Waals surface area (Å²) >= 11 is 0. The van der Waals surface area contributed by atoms with Crippen LogP contribution in [0.4, 0.5) is 17.3 Å². The lowest BCUT2D eigenvalue weighted by Crippen LogP contribution is -2.44. The molecule has 0 saturated carbocycles. The Morgan fingerprint density at radius 3 is 2.76 bits per heavy atom. The second-order valence-corrected chi connectivity index (χ2v) is 8.53. The monoisotopic (exact) mass is 435 g/mol. The fourth-order valence-corrected chi connectivity index (χ4v) is 4.42. The molecule has 5 aromatic rings. The maximum atomic E-state index is 4.72. The molecule has 0 aliphatic carbocycles. The summed E-state index contributed by atoms with van der Waals surface area (Å²) in [6.45, 7) is 4.25. The van der Waals surface area contributed by atoms with Gasteiger partial charge in [0.25, 0.3) is 0 Å². The van der Waals surface area contributed by atoms with Crippen LogP contribution >= 0.6 is 0 Å². The maximum absolute atomic E-state index is 4.72. The summed E-state index contributed by atoms with van der Waals surface area (Å²) in [6, 6.07) is 18.8. The van der Waals surface area contributed by atoms with Crippen LogP contribution in [0.2, 0.25) is 0 Å². The standard InChI is InChI=1S/C26H25N7/c1-32-10-12-33(13-11-32)21-6-2-5-20(15-21)30-26-29-17-23-22(16-28-25(23)31-26)18-7-8-24-19(14-18)4-3-9-27-24/h2-9,14-17H,10-13H2,1H3,(H2,28,29,30,31). The fourth-order valence-electron chi connectivity index (χ4n) is 4.42. The molecule has 4 heterocycles. The van der Waals surface area contributed by atoms with E-state index in [0.717, 1.165) is 64.9 Å².